The van der Waals surface area contributed by atoms with Gasteiger partial charge in [-0.3, -0.25) is 9.59 Å². The fourth-order valence-electron chi connectivity index (χ4n) is 2.87. The predicted octanol–water partition coefficient (Wildman–Crippen LogP) is 0.440. The molecule has 1 saturated heterocycles. The smallest absolute Gasteiger partial charge is 0.268 e. The monoisotopic (exact) mass is 343 g/mol. The largest absolute Gasteiger partial charge is 0.481 e. The van der Waals surface area contributed by atoms with Crippen molar-refractivity contribution in [1.29, 1.82) is 0 Å². The molecular formula is C17H21N5O3. The third kappa shape index (κ3) is 3.96. The number of hydrogen-bond acceptors (Lipinski definition) is 6. The Hall–Kier alpha value is -2.90. The number of aryl methyl sites for hydroxylation is 1. The lowest BCUT2D eigenvalue weighted by Gasteiger charge is -2.18. The van der Waals surface area contributed by atoms with Crippen molar-refractivity contribution in [1.82, 2.24) is 20.1 Å². The van der Waals surface area contributed by atoms with E-state index in [2.05, 4.69) is 20.3 Å². The number of aromatic nitrogens is 3. The van der Waals surface area contributed by atoms with Crippen molar-refractivity contribution < 1.29 is 9.53 Å². The molecule has 1 aliphatic rings. The van der Waals surface area contributed by atoms with Gasteiger partial charge in [-0.1, -0.05) is 0 Å². The van der Waals surface area contributed by atoms with Gasteiger partial charge in [-0.05, 0) is 18.4 Å². The minimum atomic E-state index is -0.144. The van der Waals surface area contributed by atoms with Gasteiger partial charge in [-0.25, -0.2) is 9.67 Å². The van der Waals surface area contributed by atoms with Crippen LogP contribution in [0.1, 0.15) is 16.8 Å². The fraction of sp³-hybridized carbons (Fsp3) is 0.412. The lowest BCUT2D eigenvalue weighted by Crippen LogP contribution is -2.31. The van der Waals surface area contributed by atoms with Gasteiger partial charge in [0, 0.05) is 50.6 Å². The quantitative estimate of drug-likeness (QED) is 0.847. The van der Waals surface area contributed by atoms with Crippen LogP contribution in [-0.4, -0.2) is 47.4 Å². The van der Waals surface area contributed by atoms with Gasteiger partial charge in [-0.15, -0.1) is 0 Å². The Kier molecular flexibility index (Phi) is 4.97. The van der Waals surface area contributed by atoms with Crippen molar-refractivity contribution in [2.45, 2.75) is 6.42 Å². The molecule has 1 fully saturated rings. The number of pyridine rings is 1. The zero-order chi connectivity index (χ0) is 17.8. The van der Waals surface area contributed by atoms with Crippen LogP contribution in [-0.2, 0) is 7.05 Å². The first-order valence-corrected chi connectivity index (χ1v) is 8.13. The van der Waals surface area contributed by atoms with E-state index in [1.54, 1.807) is 37.6 Å². The van der Waals surface area contributed by atoms with E-state index >= 15 is 0 Å². The standard InChI is InChI=1S/C17H21N5O3/c1-21-16(23)8-14(10-20-21)22-6-4-12(11-22)9-19-17(24)13-3-5-18-15(7-13)25-2/h3,5,7-8,10,12H,4,6,9,11H2,1-2H3,(H,19,24)/t12-/m1/s1. The van der Waals surface area contributed by atoms with E-state index in [1.165, 1.54) is 11.8 Å². The Morgan fingerprint density at radius 3 is 3.04 bits per heavy atom. The maximum atomic E-state index is 12.2. The highest BCUT2D eigenvalue weighted by atomic mass is 16.5. The molecule has 3 heterocycles. The average molecular weight is 343 g/mol. The molecule has 0 bridgehead atoms. The molecule has 1 N–H and O–H groups in total. The SMILES string of the molecule is COc1cc(C(=O)NC[C@H]2CCN(c3cnn(C)c(=O)c3)C2)ccn1. The lowest BCUT2D eigenvalue weighted by atomic mass is 10.1. The van der Waals surface area contributed by atoms with Gasteiger partial charge in [0.15, 0.2) is 0 Å². The van der Waals surface area contributed by atoms with Gasteiger partial charge in [0.05, 0.1) is 19.0 Å². The van der Waals surface area contributed by atoms with Crippen molar-refractivity contribution >= 4 is 11.6 Å². The van der Waals surface area contributed by atoms with Crippen molar-refractivity contribution in [2.24, 2.45) is 13.0 Å². The molecule has 25 heavy (non-hydrogen) atoms. The number of carbonyl (C=O) groups is 1. The van der Waals surface area contributed by atoms with E-state index in [0.29, 0.717) is 23.9 Å². The lowest BCUT2D eigenvalue weighted by molar-refractivity contribution is 0.0947. The van der Waals surface area contributed by atoms with Crippen molar-refractivity contribution in [2.75, 3.05) is 31.6 Å². The molecule has 132 valence electrons. The number of carbonyl (C=O) groups excluding carboxylic acids is 1. The third-order valence-corrected chi connectivity index (χ3v) is 4.36. The number of nitrogens with zero attached hydrogens (tertiary/aromatic N) is 4. The molecule has 1 amide bonds. The number of ether oxygens (including phenoxy) is 1. The summed E-state index contributed by atoms with van der Waals surface area (Å²) in [4.78, 5) is 30.1. The Bertz CT molecular complexity index is 820. The number of hydrogen-bond donors (Lipinski definition) is 1. The molecule has 0 spiro atoms. The minimum absolute atomic E-state index is 0.124. The van der Waals surface area contributed by atoms with Gasteiger partial charge in [0.25, 0.3) is 11.5 Å². The fourth-order valence-corrected chi connectivity index (χ4v) is 2.87. The van der Waals surface area contributed by atoms with Crippen molar-refractivity contribution in [3.05, 3.63) is 46.5 Å². The molecule has 8 heteroatoms. The van der Waals surface area contributed by atoms with Crippen LogP contribution >= 0.6 is 0 Å². The van der Waals surface area contributed by atoms with Crippen LogP contribution in [0.25, 0.3) is 0 Å². The van der Waals surface area contributed by atoms with E-state index in [4.69, 9.17) is 4.74 Å². The summed E-state index contributed by atoms with van der Waals surface area (Å²) in [5.74, 6) is 0.601. The summed E-state index contributed by atoms with van der Waals surface area (Å²) in [5, 5.41) is 7.01. The number of rotatable bonds is 5. The van der Waals surface area contributed by atoms with Gasteiger partial charge >= 0.3 is 0 Å². The molecule has 0 saturated carbocycles. The Morgan fingerprint density at radius 1 is 1.44 bits per heavy atom. The second kappa shape index (κ2) is 7.33. The highest BCUT2D eigenvalue weighted by molar-refractivity contribution is 5.94. The van der Waals surface area contributed by atoms with E-state index in [1.807, 2.05) is 0 Å². The number of anilines is 1. The number of nitrogens with one attached hydrogen (secondary N) is 1. The van der Waals surface area contributed by atoms with Gasteiger partial charge < -0.3 is 15.0 Å². The van der Waals surface area contributed by atoms with Crippen LogP contribution in [0.4, 0.5) is 5.69 Å². The summed E-state index contributed by atoms with van der Waals surface area (Å²) < 4.78 is 6.34. The van der Waals surface area contributed by atoms with Crippen LogP contribution in [0.2, 0.25) is 0 Å². The van der Waals surface area contributed by atoms with E-state index < -0.39 is 0 Å². The first kappa shape index (κ1) is 16.9. The summed E-state index contributed by atoms with van der Waals surface area (Å²) >= 11 is 0. The van der Waals surface area contributed by atoms with Gasteiger partial charge in [0.2, 0.25) is 5.88 Å². The highest BCUT2D eigenvalue weighted by Gasteiger charge is 2.24. The maximum absolute atomic E-state index is 12.2. The summed E-state index contributed by atoms with van der Waals surface area (Å²) in [6.45, 7) is 2.21. The zero-order valence-electron chi connectivity index (χ0n) is 14.3. The van der Waals surface area contributed by atoms with Crippen LogP contribution in [0.15, 0.2) is 35.4 Å². The molecule has 8 nitrogen and oxygen atoms in total. The van der Waals surface area contributed by atoms with E-state index in [0.717, 1.165) is 25.2 Å². The molecule has 3 rings (SSSR count). The summed E-state index contributed by atoms with van der Waals surface area (Å²) in [6, 6.07) is 4.86. The first-order chi connectivity index (χ1) is 12.1. The van der Waals surface area contributed by atoms with Crippen LogP contribution in [0.3, 0.4) is 0 Å². The normalized spacial score (nSPS) is 16.7. The molecule has 1 aliphatic heterocycles. The molecule has 0 unspecified atom stereocenters. The maximum Gasteiger partial charge on any atom is 0.268 e. The topological polar surface area (TPSA) is 89.4 Å². The average Bonchev–Trinajstić information content (AvgIpc) is 3.11. The van der Waals surface area contributed by atoms with Gasteiger partial charge in [-0.2, -0.15) is 5.10 Å². The summed E-state index contributed by atoms with van der Waals surface area (Å²) in [5.41, 5.74) is 1.23. The molecule has 1 atom stereocenters. The van der Waals surface area contributed by atoms with Gasteiger partial charge in [0.1, 0.15) is 0 Å². The van der Waals surface area contributed by atoms with E-state index in [9.17, 15) is 9.59 Å². The number of amides is 1. The zero-order valence-corrected chi connectivity index (χ0v) is 14.3. The summed E-state index contributed by atoms with van der Waals surface area (Å²) in [6.07, 6.45) is 4.20. The number of methoxy groups -OCH3 is 1. The molecule has 0 aromatic carbocycles. The second-order valence-electron chi connectivity index (χ2n) is 6.07. The molecule has 0 aliphatic carbocycles. The predicted molar refractivity (Wildman–Crippen MR) is 92.9 cm³/mol. The van der Waals surface area contributed by atoms with Crippen LogP contribution in [0.5, 0.6) is 5.88 Å². The summed E-state index contributed by atoms with van der Waals surface area (Å²) in [7, 11) is 3.14. The molecule has 2 aromatic rings. The van der Waals surface area contributed by atoms with E-state index in [-0.39, 0.29) is 11.5 Å². The van der Waals surface area contributed by atoms with Crippen molar-refractivity contribution in [3.63, 3.8) is 0 Å². The highest BCUT2D eigenvalue weighted by Crippen LogP contribution is 2.21. The van der Waals surface area contributed by atoms with Crippen LogP contribution in [0, 0.1) is 5.92 Å². The van der Waals surface area contributed by atoms with Crippen molar-refractivity contribution in [3.8, 4) is 5.88 Å². The molecule has 0 radical (unpaired) electrons. The van der Waals surface area contributed by atoms with Crippen LogP contribution < -0.4 is 20.5 Å². The first-order valence-electron chi connectivity index (χ1n) is 8.13. The second-order valence-corrected chi connectivity index (χ2v) is 6.07. The minimum Gasteiger partial charge on any atom is -0.481 e. The molecule has 2 aromatic heterocycles. The molecular weight excluding hydrogens is 322 g/mol. The Labute approximate surface area is 145 Å². The Balaban J connectivity index is 1.55. The third-order valence-electron chi connectivity index (χ3n) is 4.36. The Morgan fingerprint density at radius 2 is 2.28 bits per heavy atom.